The van der Waals surface area contributed by atoms with Crippen LogP contribution in [-0.4, -0.2) is 24.0 Å². The molecule has 2 nitrogen and oxygen atoms in total. The van der Waals surface area contributed by atoms with E-state index in [1.54, 1.807) is 0 Å². The van der Waals surface area contributed by atoms with Gasteiger partial charge in [-0.1, -0.05) is 29.8 Å². The fourth-order valence-electron chi connectivity index (χ4n) is 1.99. The number of likely N-dealkylation sites (N-methyl/N-ethyl adjacent to an activating group) is 1. The number of hydrogen-bond acceptors (Lipinski definition) is 2. The Morgan fingerprint density at radius 1 is 1.06 bits per heavy atom. The molecule has 2 unspecified atom stereocenters. The highest BCUT2D eigenvalue weighted by atomic mass is 15.2. The summed E-state index contributed by atoms with van der Waals surface area (Å²) in [4.78, 5) is 2.33. The minimum absolute atomic E-state index is 0.134. The van der Waals surface area contributed by atoms with Crippen molar-refractivity contribution in [1.82, 2.24) is 4.90 Å². The maximum absolute atomic E-state index is 6.10. The summed E-state index contributed by atoms with van der Waals surface area (Å²) in [6.45, 7) is 8.58. The molecule has 2 heteroatoms. The highest BCUT2D eigenvalue weighted by Crippen LogP contribution is 2.24. The van der Waals surface area contributed by atoms with Crippen LogP contribution in [0.3, 0.4) is 0 Å². The Hall–Kier alpha value is -0.860. The van der Waals surface area contributed by atoms with Crippen molar-refractivity contribution in [3.8, 4) is 0 Å². The van der Waals surface area contributed by atoms with Gasteiger partial charge in [0.05, 0.1) is 0 Å². The zero-order valence-electron chi connectivity index (χ0n) is 11.1. The first-order chi connectivity index (χ1) is 7.43. The van der Waals surface area contributed by atoms with E-state index < -0.39 is 0 Å². The number of benzene rings is 1. The molecule has 0 spiro atoms. The van der Waals surface area contributed by atoms with Crippen LogP contribution in [0.2, 0.25) is 0 Å². The molecule has 2 N–H and O–H groups in total. The number of nitrogens with two attached hydrogens (primary N) is 1. The Bertz CT molecular complexity index is 314. The van der Waals surface area contributed by atoms with E-state index in [2.05, 4.69) is 63.9 Å². The first kappa shape index (κ1) is 13.2. The van der Waals surface area contributed by atoms with Gasteiger partial charge < -0.3 is 5.73 Å². The van der Waals surface area contributed by atoms with Gasteiger partial charge in [0.1, 0.15) is 0 Å². The molecule has 0 saturated carbocycles. The summed E-state index contributed by atoms with van der Waals surface area (Å²) in [5.41, 5.74) is 8.70. The zero-order chi connectivity index (χ0) is 12.3. The monoisotopic (exact) mass is 220 g/mol. The molecular weight excluding hydrogens is 196 g/mol. The predicted molar refractivity (Wildman–Crippen MR) is 70.5 cm³/mol. The minimum atomic E-state index is 0.134. The zero-order valence-corrected chi connectivity index (χ0v) is 11.1. The molecule has 0 heterocycles. The van der Waals surface area contributed by atoms with Gasteiger partial charge in [-0.15, -0.1) is 0 Å². The van der Waals surface area contributed by atoms with Gasteiger partial charge in [0.25, 0.3) is 0 Å². The highest BCUT2D eigenvalue weighted by molar-refractivity contribution is 5.25. The summed E-state index contributed by atoms with van der Waals surface area (Å²) in [5, 5.41) is 0. The molecule has 0 bridgehead atoms. The number of nitrogens with zero attached hydrogens (tertiary/aromatic N) is 1. The molecule has 0 aliphatic heterocycles. The average Bonchev–Trinajstić information content (AvgIpc) is 2.20. The fraction of sp³-hybridized carbons (Fsp3) is 0.571. The van der Waals surface area contributed by atoms with Crippen LogP contribution in [0.5, 0.6) is 0 Å². The van der Waals surface area contributed by atoms with Gasteiger partial charge in [-0.2, -0.15) is 0 Å². The summed E-state index contributed by atoms with van der Waals surface area (Å²) < 4.78 is 0. The number of aryl methyl sites for hydroxylation is 1. The van der Waals surface area contributed by atoms with Gasteiger partial charge in [-0.05, 0) is 40.3 Å². The van der Waals surface area contributed by atoms with Crippen molar-refractivity contribution in [3.63, 3.8) is 0 Å². The smallest absolute Gasteiger partial charge is 0.0496 e. The predicted octanol–water partition coefficient (Wildman–Crippen LogP) is 2.72. The second kappa shape index (κ2) is 5.46. The van der Waals surface area contributed by atoms with Gasteiger partial charge >= 0.3 is 0 Å². The Morgan fingerprint density at radius 3 is 1.94 bits per heavy atom. The summed E-state index contributed by atoms with van der Waals surface area (Å²) >= 11 is 0. The Labute approximate surface area is 99.5 Å². The van der Waals surface area contributed by atoms with Crippen LogP contribution in [0.15, 0.2) is 24.3 Å². The van der Waals surface area contributed by atoms with Crippen LogP contribution in [0.1, 0.15) is 37.9 Å². The van der Waals surface area contributed by atoms with Gasteiger partial charge in [0.15, 0.2) is 0 Å². The molecule has 0 aliphatic carbocycles. The van der Waals surface area contributed by atoms with Crippen LogP contribution >= 0.6 is 0 Å². The summed E-state index contributed by atoms with van der Waals surface area (Å²) in [5.74, 6) is 0. The van der Waals surface area contributed by atoms with Crippen LogP contribution in [0.25, 0.3) is 0 Å². The van der Waals surface area contributed by atoms with E-state index in [0.717, 1.165) is 0 Å². The van der Waals surface area contributed by atoms with E-state index in [4.69, 9.17) is 5.73 Å². The van der Waals surface area contributed by atoms with Crippen molar-refractivity contribution in [1.29, 1.82) is 0 Å². The van der Waals surface area contributed by atoms with Crippen molar-refractivity contribution in [3.05, 3.63) is 35.4 Å². The largest absolute Gasteiger partial charge is 0.326 e. The van der Waals surface area contributed by atoms with Crippen LogP contribution in [-0.2, 0) is 0 Å². The lowest BCUT2D eigenvalue weighted by Gasteiger charge is -2.34. The maximum Gasteiger partial charge on any atom is 0.0496 e. The normalized spacial score (nSPS) is 15.5. The molecule has 90 valence electrons. The topological polar surface area (TPSA) is 29.3 Å². The summed E-state index contributed by atoms with van der Waals surface area (Å²) in [7, 11) is 2.14. The maximum atomic E-state index is 6.10. The molecule has 1 aromatic carbocycles. The van der Waals surface area contributed by atoms with Gasteiger partial charge in [-0.25, -0.2) is 0 Å². The van der Waals surface area contributed by atoms with E-state index in [-0.39, 0.29) is 6.04 Å². The molecule has 0 amide bonds. The molecular formula is C14H24N2. The van der Waals surface area contributed by atoms with Gasteiger partial charge in [0, 0.05) is 18.1 Å². The first-order valence-electron chi connectivity index (χ1n) is 5.97. The van der Waals surface area contributed by atoms with E-state index in [9.17, 15) is 0 Å². The van der Waals surface area contributed by atoms with Crippen molar-refractivity contribution in [2.45, 2.75) is 45.8 Å². The molecule has 0 aliphatic rings. The van der Waals surface area contributed by atoms with Crippen molar-refractivity contribution >= 4 is 0 Å². The highest BCUT2D eigenvalue weighted by Gasteiger charge is 2.22. The number of hydrogen-bond donors (Lipinski definition) is 1. The van der Waals surface area contributed by atoms with Gasteiger partial charge in [0.2, 0.25) is 0 Å². The Balaban J connectivity index is 2.98. The Kier molecular flexibility index (Phi) is 4.51. The molecule has 16 heavy (non-hydrogen) atoms. The second-order valence-electron chi connectivity index (χ2n) is 4.97. The second-order valence-corrected chi connectivity index (χ2v) is 4.97. The van der Waals surface area contributed by atoms with Gasteiger partial charge in [-0.3, -0.25) is 4.90 Å². The number of rotatable bonds is 4. The standard InChI is InChI=1S/C14H24N2/c1-10(2)16(5)14(12(4)15)13-8-6-11(3)7-9-13/h6-10,12,14H,15H2,1-5H3. The third kappa shape index (κ3) is 3.06. The fourth-order valence-corrected chi connectivity index (χ4v) is 1.99. The lowest BCUT2D eigenvalue weighted by Crippen LogP contribution is -2.40. The summed E-state index contributed by atoms with van der Waals surface area (Å²) in [6, 6.07) is 9.59. The van der Waals surface area contributed by atoms with Crippen molar-refractivity contribution < 1.29 is 0 Å². The first-order valence-corrected chi connectivity index (χ1v) is 5.97. The SMILES string of the molecule is Cc1ccc(C(C(C)N)N(C)C(C)C)cc1. The third-order valence-electron chi connectivity index (χ3n) is 3.17. The third-order valence-corrected chi connectivity index (χ3v) is 3.17. The summed E-state index contributed by atoms with van der Waals surface area (Å²) in [6.07, 6.45) is 0. The molecule has 2 atom stereocenters. The van der Waals surface area contributed by atoms with Crippen LogP contribution < -0.4 is 5.73 Å². The minimum Gasteiger partial charge on any atom is -0.326 e. The van der Waals surface area contributed by atoms with E-state index in [1.807, 2.05) is 0 Å². The van der Waals surface area contributed by atoms with Crippen LogP contribution in [0, 0.1) is 6.92 Å². The van der Waals surface area contributed by atoms with E-state index >= 15 is 0 Å². The van der Waals surface area contributed by atoms with E-state index in [0.29, 0.717) is 12.1 Å². The average molecular weight is 220 g/mol. The lowest BCUT2D eigenvalue weighted by molar-refractivity contribution is 0.175. The van der Waals surface area contributed by atoms with Crippen LogP contribution in [0.4, 0.5) is 0 Å². The van der Waals surface area contributed by atoms with E-state index in [1.165, 1.54) is 11.1 Å². The van der Waals surface area contributed by atoms with Crippen molar-refractivity contribution in [2.75, 3.05) is 7.05 Å². The van der Waals surface area contributed by atoms with Crippen molar-refractivity contribution in [2.24, 2.45) is 5.73 Å². The molecule has 0 aromatic heterocycles. The molecule has 1 rings (SSSR count). The quantitative estimate of drug-likeness (QED) is 0.845. The Morgan fingerprint density at radius 2 is 1.56 bits per heavy atom. The lowest BCUT2D eigenvalue weighted by atomic mass is 9.97. The molecule has 0 saturated heterocycles. The molecule has 0 radical (unpaired) electrons. The molecule has 1 aromatic rings. The molecule has 0 fully saturated rings.